The summed E-state index contributed by atoms with van der Waals surface area (Å²) in [5.41, 5.74) is 0. The Hall–Kier alpha value is -0.330. The van der Waals surface area contributed by atoms with Crippen molar-refractivity contribution in [1.82, 2.24) is 0 Å². The maximum absolute atomic E-state index is 2.21. The van der Waals surface area contributed by atoms with Crippen LogP contribution in [0.15, 0.2) is 12.2 Å². The zero-order chi connectivity index (χ0) is 5.54. The Balaban J connectivity index is 0. The summed E-state index contributed by atoms with van der Waals surface area (Å²) in [5.74, 6) is 0. The first-order valence-corrected chi connectivity index (χ1v) is 3.03. The maximum atomic E-state index is 2.21. The van der Waals surface area contributed by atoms with E-state index in [-0.39, 0.29) is 4.70 Å². The summed E-state index contributed by atoms with van der Waals surface area (Å²) in [7, 11) is 0. The van der Waals surface area contributed by atoms with Crippen molar-refractivity contribution in [1.29, 1.82) is 0 Å². The van der Waals surface area contributed by atoms with Gasteiger partial charge in [-0.05, 0) is 13.3 Å². The molecule has 0 heterocycles. The van der Waals surface area contributed by atoms with Crippen molar-refractivity contribution >= 4 is 0 Å². The van der Waals surface area contributed by atoms with E-state index in [2.05, 4.69) is 26.0 Å². The van der Waals surface area contributed by atoms with Crippen LogP contribution in [-0.4, -0.2) is 0 Å². The van der Waals surface area contributed by atoms with Crippen LogP contribution < -0.4 is 0 Å². The smallest absolute Gasteiger partial charge is 0.0351 e. The first-order valence-electron chi connectivity index (χ1n) is 3.03. The van der Waals surface area contributed by atoms with E-state index in [1.54, 1.807) is 0 Å². The van der Waals surface area contributed by atoms with Gasteiger partial charge >= 0.3 is 0 Å². The molecule has 0 rings (SSSR count). The summed E-state index contributed by atoms with van der Waals surface area (Å²) in [6.45, 7) is 4.28. The minimum atomic E-state index is 0. The molecule has 0 fully saturated rings. The lowest BCUT2D eigenvalue weighted by atomic mass is 10.2. The zero-order valence-corrected chi connectivity index (χ0v) is 5.68. The normalized spacial score (nSPS) is 9.25. The fourth-order valence-corrected chi connectivity index (χ4v) is 0.489. The monoisotopic (exact) mass is 118 g/mol. The molecule has 0 aliphatic rings. The predicted molar refractivity (Wildman–Crippen MR) is 36.8 cm³/mol. The number of halogens is 1. The molecule has 0 aromatic heterocycles. The van der Waals surface area contributed by atoms with Crippen LogP contribution >= 0.6 is 0 Å². The van der Waals surface area contributed by atoms with Crippen LogP contribution in [0.2, 0.25) is 0 Å². The first-order chi connectivity index (χ1) is 3.41. The Morgan fingerprint density at radius 3 is 2.38 bits per heavy atom. The van der Waals surface area contributed by atoms with Gasteiger partial charge in [0.2, 0.25) is 0 Å². The molecule has 1 heteroatoms. The Kier molecular flexibility index (Phi) is 13.0. The molecule has 0 nitrogen and oxygen atoms in total. The van der Waals surface area contributed by atoms with Crippen LogP contribution in [0.25, 0.3) is 0 Å². The topological polar surface area (TPSA) is 0 Å². The van der Waals surface area contributed by atoms with Crippen molar-refractivity contribution in [2.75, 3.05) is 0 Å². The van der Waals surface area contributed by atoms with Crippen molar-refractivity contribution in [3.05, 3.63) is 12.2 Å². The van der Waals surface area contributed by atoms with Gasteiger partial charge in [-0.2, -0.15) is 0 Å². The zero-order valence-electron chi connectivity index (χ0n) is 5.68. The summed E-state index contributed by atoms with van der Waals surface area (Å²) < 4.78 is 0. The van der Waals surface area contributed by atoms with Crippen LogP contribution in [-0.2, 0) is 0 Å². The highest BCUT2D eigenvalue weighted by molar-refractivity contribution is 4.75. The van der Waals surface area contributed by atoms with E-state index in [9.17, 15) is 0 Å². The third kappa shape index (κ3) is 9.18. The standard InChI is InChI=1S/C7H14.FH/c1-3-5-7-6-4-2;/h3,5H,4,6-7H2,1-2H3;1H. The fourth-order valence-electron chi connectivity index (χ4n) is 0.489. The molecule has 0 aliphatic heterocycles. The van der Waals surface area contributed by atoms with E-state index in [1.807, 2.05) is 0 Å². The number of hydrogen-bond donors (Lipinski definition) is 0. The van der Waals surface area contributed by atoms with E-state index in [4.69, 9.17) is 0 Å². The Labute approximate surface area is 51.0 Å². The fraction of sp³-hybridized carbons (Fsp3) is 0.714. The van der Waals surface area contributed by atoms with Crippen LogP contribution in [0.4, 0.5) is 4.70 Å². The molecule has 0 unspecified atom stereocenters. The Morgan fingerprint density at radius 2 is 2.00 bits per heavy atom. The van der Waals surface area contributed by atoms with Gasteiger partial charge in [0.25, 0.3) is 0 Å². The molecule has 0 saturated heterocycles. The van der Waals surface area contributed by atoms with Crippen molar-refractivity contribution in [2.24, 2.45) is 0 Å². The highest BCUT2D eigenvalue weighted by atomic mass is 19.0. The molecule has 0 aromatic carbocycles. The predicted octanol–water partition coefficient (Wildman–Crippen LogP) is 2.91. The third-order valence-electron chi connectivity index (χ3n) is 0.960. The summed E-state index contributed by atoms with van der Waals surface area (Å²) in [6, 6.07) is 0. The van der Waals surface area contributed by atoms with Crippen molar-refractivity contribution in [3.8, 4) is 0 Å². The average molecular weight is 118 g/mol. The molecule has 0 radical (unpaired) electrons. The molecular weight excluding hydrogens is 103 g/mol. The second-order valence-electron chi connectivity index (χ2n) is 1.71. The summed E-state index contributed by atoms with van der Waals surface area (Å²) in [5, 5.41) is 0. The van der Waals surface area contributed by atoms with Crippen LogP contribution in [0.1, 0.15) is 33.1 Å². The SMILES string of the molecule is CC=CCCCC.F. The van der Waals surface area contributed by atoms with Gasteiger partial charge in [0.05, 0.1) is 0 Å². The Morgan fingerprint density at radius 1 is 1.38 bits per heavy atom. The van der Waals surface area contributed by atoms with Gasteiger partial charge in [-0.3, -0.25) is 4.70 Å². The van der Waals surface area contributed by atoms with Gasteiger partial charge in [0, 0.05) is 0 Å². The molecule has 8 heavy (non-hydrogen) atoms. The molecule has 0 amide bonds. The molecule has 50 valence electrons. The summed E-state index contributed by atoms with van der Waals surface area (Å²) in [4.78, 5) is 0. The van der Waals surface area contributed by atoms with Crippen molar-refractivity contribution < 1.29 is 4.70 Å². The highest BCUT2D eigenvalue weighted by Gasteiger charge is 1.73. The molecular formula is C7H15F. The summed E-state index contributed by atoms with van der Waals surface area (Å²) >= 11 is 0. The molecule has 0 bridgehead atoms. The molecule has 0 N–H and O–H groups in total. The molecule has 0 spiro atoms. The largest absolute Gasteiger partial charge is 0.269 e. The van der Waals surface area contributed by atoms with E-state index in [0.717, 1.165) is 0 Å². The minimum absolute atomic E-state index is 0. The molecule has 0 aliphatic carbocycles. The van der Waals surface area contributed by atoms with Crippen molar-refractivity contribution in [2.45, 2.75) is 33.1 Å². The van der Waals surface area contributed by atoms with Crippen LogP contribution in [0, 0.1) is 0 Å². The quantitative estimate of drug-likeness (QED) is 0.395. The van der Waals surface area contributed by atoms with Gasteiger partial charge in [-0.15, -0.1) is 0 Å². The molecule has 0 atom stereocenters. The van der Waals surface area contributed by atoms with Crippen LogP contribution in [0.3, 0.4) is 0 Å². The Bertz CT molecular complexity index is 48.3. The number of rotatable bonds is 3. The van der Waals surface area contributed by atoms with E-state index >= 15 is 0 Å². The van der Waals surface area contributed by atoms with Crippen molar-refractivity contribution in [3.63, 3.8) is 0 Å². The van der Waals surface area contributed by atoms with E-state index < -0.39 is 0 Å². The molecule has 0 aromatic rings. The average Bonchev–Trinajstić information content (AvgIpc) is 1.69. The lowest BCUT2D eigenvalue weighted by Crippen LogP contribution is -1.63. The van der Waals surface area contributed by atoms with Gasteiger partial charge in [0.1, 0.15) is 0 Å². The van der Waals surface area contributed by atoms with Crippen LogP contribution in [0.5, 0.6) is 0 Å². The number of allylic oxidation sites excluding steroid dienone is 2. The number of unbranched alkanes of at least 4 members (excludes halogenated alkanes) is 2. The minimum Gasteiger partial charge on any atom is -0.269 e. The van der Waals surface area contributed by atoms with Gasteiger partial charge in [-0.1, -0.05) is 31.9 Å². The second-order valence-corrected chi connectivity index (χ2v) is 1.71. The second kappa shape index (κ2) is 9.83. The number of hydrogen-bond acceptors (Lipinski definition) is 0. The molecule has 0 saturated carbocycles. The summed E-state index contributed by atoms with van der Waals surface area (Å²) in [6.07, 6.45) is 8.22. The lowest BCUT2D eigenvalue weighted by Gasteiger charge is -1.83. The lowest BCUT2D eigenvalue weighted by molar-refractivity contribution is 0.814. The third-order valence-corrected chi connectivity index (χ3v) is 0.960. The van der Waals surface area contributed by atoms with E-state index in [0.29, 0.717) is 0 Å². The van der Waals surface area contributed by atoms with Gasteiger partial charge in [-0.25, -0.2) is 0 Å². The van der Waals surface area contributed by atoms with E-state index in [1.165, 1.54) is 19.3 Å². The van der Waals surface area contributed by atoms with Gasteiger partial charge in [0.15, 0.2) is 0 Å². The first kappa shape index (κ1) is 10.6. The maximum Gasteiger partial charge on any atom is -0.0351 e. The highest BCUT2D eigenvalue weighted by Crippen LogP contribution is 1.93. The van der Waals surface area contributed by atoms with Gasteiger partial charge < -0.3 is 0 Å².